The molecule has 0 amide bonds. The topological polar surface area (TPSA) is 26.0 Å². The zero-order valence-corrected chi connectivity index (χ0v) is 10.3. The molecule has 0 heterocycles. The van der Waals surface area contributed by atoms with E-state index in [1.165, 1.54) is 0 Å². The molecule has 70 valence electrons. The molecule has 1 aromatic rings. The number of hydrogen-bond donors (Lipinski definition) is 1. The molecule has 0 saturated heterocycles. The Morgan fingerprint density at radius 2 is 1.85 bits per heavy atom. The summed E-state index contributed by atoms with van der Waals surface area (Å²) in [4.78, 5) is 0. The zero-order chi connectivity index (χ0) is 9.84. The molecule has 1 atom stereocenters. The molecule has 0 bridgehead atoms. The SMILES string of the molecule is C=CCC(N)c1cc(Br)cc(Br)c1. The summed E-state index contributed by atoms with van der Waals surface area (Å²) in [7, 11) is 0. The lowest BCUT2D eigenvalue weighted by Crippen LogP contribution is -2.08. The Labute approximate surface area is 95.3 Å². The fourth-order valence-electron chi connectivity index (χ4n) is 1.10. The first-order valence-electron chi connectivity index (χ1n) is 3.96. The Hall–Kier alpha value is -0.120. The minimum absolute atomic E-state index is 0.0336. The molecule has 0 aliphatic rings. The third kappa shape index (κ3) is 3.25. The molecular weight excluding hydrogens is 294 g/mol. The summed E-state index contributed by atoms with van der Waals surface area (Å²) in [5.74, 6) is 0. The average Bonchev–Trinajstić information content (AvgIpc) is 2.03. The highest BCUT2D eigenvalue weighted by molar-refractivity contribution is 9.11. The summed E-state index contributed by atoms with van der Waals surface area (Å²) < 4.78 is 2.08. The van der Waals surface area contributed by atoms with Gasteiger partial charge in [-0.15, -0.1) is 6.58 Å². The van der Waals surface area contributed by atoms with Crippen LogP contribution in [0.15, 0.2) is 39.8 Å². The highest BCUT2D eigenvalue weighted by atomic mass is 79.9. The van der Waals surface area contributed by atoms with E-state index in [4.69, 9.17) is 5.73 Å². The van der Waals surface area contributed by atoms with Gasteiger partial charge in [0, 0.05) is 15.0 Å². The van der Waals surface area contributed by atoms with Crippen molar-refractivity contribution >= 4 is 31.9 Å². The van der Waals surface area contributed by atoms with Crippen LogP contribution >= 0.6 is 31.9 Å². The maximum atomic E-state index is 5.93. The van der Waals surface area contributed by atoms with Crippen molar-refractivity contribution in [2.75, 3.05) is 0 Å². The van der Waals surface area contributed by atoms with E-state index in [-0.39, 0.29) is 6.04 Å². The maximum Gasteiger partial charge on any atom is 0.0330 e. The van der Waals surface area contributed by atoms with Crippen LogP contribution in [0.2, 0.25) is 0 Å². The van der Waals surface area contributed by atoms with E-state index in [1.807, 2.05) is 24.3 Å². The minimum Gasteiger partial charge on any atom is -0.324 e. The molecule has 0 spiro atoms. The summed E-state index contributed by atoms with van der Waals surface area (Å²) in [6.07, 6.45) is 2.63. The molecule has 0 radical (unpaired) electrons. The molecule has 0 aromatic heterocycles. The Kier molecular flexibility index (Phi) is 4.16. The number of hydrogen-bond acceptors (Lipinski definition) is 1. The van der Waals surface area contributed by atoms with Crippen molar-refractivity contribution in [3.63, 3.8) is 0 Å². The molecule has 1 rings (SSSR count). The molecule has 13 heavy (non-hydrogen) atoms. The minimum atomic E-state index is 0.0336. The maximum absolute atomic E-state index is 5.93. The number of halogens is 2. The lowest BCUT2D eigenvalue weighted by atomic mass is 10.1. The molecule has 1 aromatic carbocycles. The third-order valence-electron chi connectivity index (χ3n) is 1.73. The van der Waals surface area contributed by atoms with E-state index in [0.717, 1.165) is 20.9 Å². The van der Waals surface area contributed by atoms with Gasteiger partial charge in [-0.05, 0) is 30.2 Å². The second kappa shape index (κ2) is 4.94. The summed E-state index contributed by atoms with van der Waals surface area (Å²) in [6, 6.07) is 6.08. The normalized spacial score (nSPS) is 12.5. The summed E-state index contributed by atoms with van der Waals surface area (Å²) >= 11 is 6.84. The predicted octanol–water partition coefficient (Wildman–Crippen LogP) is 3.79. The van der Waals surface area contributed by atoms with Crippen LogP contribution in [0, 0.1) is 0 Å². The molecular formula is C10H11Br2N. The molecule has 1 nitrogen and oxygen atoms in total. The Morgan fingerprint density at radius 1 is 1.31 bits per heavy atom. The second-order valence-electron chi connectivity index (χ2n) is 2.83. The van der Waals surface area contributed by atoms with E-state index in [1.54, 1.807) is 0 Å². The van der Waals surface area contributed by atoms with Gasteiger partial charge in [-0.25, -0.2) is 0 Å². The van der Waals surface area contributed by atoms with Crippen molar-refractivity contribution in [3.8, 4) is 0 Å². The summed E-state index contributed by atoms with van der Waals surface area (Å²) in [6.45, 7) is 3.67. The van der Waals surface area contributed by atoms with Crippen LogP contribution in [0.4, 0.5) is 0 Å². The van der Waals surface area contributed by atoms with Gasteiger partial charge in [0.25, 0.3) is 0 Å². The predicted molar refractivity (Wildman–Crippen MR) is 63.6 cm³/mol. The summed E-state index contributed by atoms with van der Waals surface area (Å²) in [5, 5.41) is 0. The fourth-order valence-corrected chi connectivity index (χ4v) is 2.43. The Bertz CT molecular complexity index is 290. The molecule has 0 fully saturated rings. The van der Waals surface area contributed by atoms with E-state index in [2.05, 4.69) is 38.4 Å². The monoisotopic (exact) mass is 303 g/mol. The molecule has 1 unspecified atom stereocenters. The van der Waals surface area contributed by atoms with Crippen molar-refractivity contribution in [2.45, 2.75) is 12.5 Å². The quantitative estimate of drug-likeness (QED) is 0.845. The zero-order valence-electron chi connectivity index (χ0n) is 7.13. The van der Waals surface area contributed by atoms with E-state index >= 15 is 0 Å². The van der Waals surface area contributed by atoms with Gasteiger partial charge in [-0.1, -0.05) is 37.9 Å². The van der Waals surface area contributed by atoms with Crippen molar-refractivity contribution in [1.82, 2.24) is 0 Å². The van der Waals surface area contributed by atoms with Gasteiger partial charge >= 0.3 is 0 Å². The van der Waals surface area contributed by atoms with Gasteiger partial charge in [-0.3, -0.25) is 0 Å². The van der Waals surface area contributed by atoms with Crippen LogP contribution in [0.5, 0.6) is 0 Å². The van der Waals surface area contributed by atoms with Crippen molar-refractivity contribution in [2.24, 2.45) is 5.73 Å². The van der Waals surface area contributed by atoms with E-state index in [9.17, 15) is 0 Å². The van der Waals surface area contributed by atoms with Crippen LogP contribution < -0.4 is 5.73 Å². The number of benzene rings is 1. The summed E-state index contributed by atoms with van der Waals surface area (Å²) in [5.41, 5.74) is 7.04. The van der Waals surface area contributed by atoms with Gasteiger partial charge in [0.15, 0.2) is 0 Å². The number of nitrogens with two attached hydrogens (primary N) is 1. The van der Waals surface area contributed by atoms with Gasteiger partial charge in [0.2, 0.25) is 0 Å². The molecule has 0 saturated carbocycles. The van der Waals surface area contributed by atoms with Gasteiger partial charge in [0.1, 0.15) is 0 Å². The largest absolute Gasteiger partial charge is 0.324 e. The van der Waals surface area contributed by atoms with Crippen LogP contribution in [0.3, 0.4) is 0 Å². The van der Waals surface area contributed by atoms with Gasteiger partial charge in [0.05, 0.1) is 0 Å². The van der Waals surface area contributed by atoms with E-state index in [0.29, 0.717) is 0 Å². The lowest BCUT2D eigenvalue weighted by molar-refractivity contribution is 0.741. The standard InChI is InChI=1S/C10H11Br2N/c1-2-3-10(13)7-4-8(11)6-9(12)5-7/h2,4-6,10H,1,3,13H2. The first-order valence-corrected chi connectivity index (χ1v) is 5.54. The molecule has 3 heteroatoms. The highest BCUT2D eigenvalue weighted by Gasteiger charge is 2.05. The smallest absolute Gasteiger partial charge is 0.0330 e. The average molecular weight is 305 g/mol. The van der Waals surface area contributed by atoms with Crippen LogP contribution in [0.25, 0.3) is 0 Å². The lowest BCUT2D eigenvalue weighted by Gasteiger charge is -2.10. The van der Waals surface area contributed by atoms with Crippen molar-refractivity contribution in [1.29, 1.82) is 0 Å². The fraction of sp³-hybridized carbons (Fsp3) is 0.200. The van der Waals surface area contributed by atoms with Crippen LogP contribution in [-0.4, -0.2) is 0 Å². The number of rotatable bonds is 3. The van der Waals surface area contributed by atoms with Crippen molar-refractivity contribution in [3.05, 3.63) is 45.4 Å². The van der Waals surface area contributed by atoms with Gasteiger partial charge in [-0.2, -0.15) is 0 Å². The second-order valence-corrected chi connectivity index (χ2v) is 4.67. The Balaban J connectivity index is 2.93. The van der Waals surface area contributed by atoms with Crippen LogP contribution in [0.1, 0.15) is 18.0 Å². The molecule has 0 aliphatic heterocycles. The van der Waals surface area contributed by atoms with Crippen LogP contribution in [-0.2, 0) is 0 Å². The van der Waals surface area contributed by atoms with E-state index < -0.39 is 0 Å². The van der Waals surface area contributed by atoms with Crippen molar-refractivity contribution < 1.29 is 0 Å². The van der Waals surface area contributed by atoms with Gasteiger partial charge < -0.3 is 5.73 Å². The highest BCUT2D eigenvalue weighted by Crippen LogP contribution is 2.24. The first kappa shape index (κ1) is 11.0. The molecule has 0 aliphatic carbocycles. The Morgan fingerprint density at radius 3 is 2.31 bits per heavy atom. The molecule has 2 N–H and O–H groups in total. The first-order chi connectivity index (χ1) is 6.13. The third-order valence-corrected chi connectivity index (χ3v) is 2.65.